The van der Waals surface area contributed by atoms with Crippen molar-refractivity contribution < 1.29 is 19.1 Å². The molecule has 22 heavy (non-hydrogen) atoms. The molecule has 7 nitrogen and oxygen atoms in total. The first-order valence-corrected chi connectivity index (χ1v) is 7.85. The van der Waals surface area contributed by atoms with Crippen LogP contribution in [0, 0.1) is 0 Å². The van der Waals surface area contributed by atoms with Crippen molar-refractivity contribution in [1.29, 1.82) is 0 Å². The van der Waals surface area contributed by atoms with Crippen molar-refractivity contribution in [2.45, 2.75) is 39.5 Å². The lowest BCUT2D eigenvalue weighted by atomic mass is 10.3. The number of hydrogen-bond donors (Lipinski definition) is 2. The maximum atomic E-state index is 11.8. The number of methoxy groups -OCH3 is 1. The van der Waals surface area contributed by atoms with Gasteiger partial charge in [0.25, 0.3) is 0 Å². The van der Waals surface area contributed by atoms with Crippen molar-refractivity contribution in [1.82, 2.24) is 15.5 Å². The summed E-state index contributed by atoms with van der Waals surface area (Å²) in [4.78, 5) is 36.7. The third-order valence-electron chi connectivity index (χ3n) is 3.02. The molecule has 0 aromatic carbocycles. The molecule has 0 saturated heterocycles. The van der Waals surface area contributed by atoms with Gasteiger partial charge >= 0.3 is 0 Å². The number of nitrogens with zero attached hydrogens (tertiary/aromatic N) is 1. The molecular weight excluding hydrogens is 286 g/mol. The highest BCUT2D eigenvalue weighted by Crippen LogP contribution is 1.95. The Hall–Kier alpha value is -1.63. The minimum absolute atomic E-state index is 0.0815. The van der Waals surface area contributed by atoms with E-state index in [-0.39, 0.29) is 37.2 Å². The van der Waals surface area contributed by atoms with E-state index in [0.717, 1.165) is 12.8 Å². The molecule has 3 amide bonds. The molecule has 0 spiro atoms. The molecule has 0 aromatic rings. The Labute approximate surface area is 132 Å². The quantitative estimate of drug-likeness (QED) is 0.507. The molecule has 0 unspecified atom stereocenters. The Balaban J connectivity index is 4.25. The molecule has 0 aromatic heterocycles. The van der Waals surface area contributed by atoms with E-state index in [0.29, 0.717) is 26.1 Å². The van der Waals surface area contributed by atoms with Crippen LogP contribution >= 0.6 is 0 Å². The van der Waals surface area contributed by atoms with Gasteiger partial charge in [0.2, 0.25) is 17.7 Å². The van der Waals surface area contributed by atoms with Crippen LogP contribution in [0.15, 0.2) is 0 Å². The number of amides is 3. The summed E-state index contributed by atoms with van der Waals surface area (Å²) < 4.78 is 4.89. The average Bonchev–Trinajstić information content (AvgIpc) is 2.50. The van der Waals surface area contributed by atoms with Crippen molar-refractivity contribution in [2.24, 2.45) is 0 Å². The van der Waals surface area contributed by atoms with E-state index >= 15 is 0 Å². The molecule has 0 aliphatic rings. The van der Waals surface area contributed by atoms with Gasteiger partial charge in [-0.05, 0) is 12.8 Å². The largest absolute Gasteiger partial charge is 0.385 e. The van der Waals surface area contributed by atoms with E-state index < -0.39 is 0 Å². The molecule has 0 bridgehead atoms. The Morgan fingerprint density at radius 3 is 1.95 bits per heavy atom. The molecule has 128 valence electrons. The fourth-order valence-electron chi connectivity index (χ4n) is 1.76. The Morgan fingerprint density at radius 2 is 1.50 bits per heavy atom. The molecule has 0 saturated carbocycles. The molecule has 0 heterocycles. The van der Waals surface area contributed by atoms with Crippen LogP contribution < -0.4 is 10.6 Å². The highest BCUT2D eigenvalue weighted by Gasteiger charge is 2.18. The van der Waals surface area contributed by atoms with Crippen LogP contribution in [0.3, 0.4) is 0 Å². The van der Waals surface area contributed by atoms with Gasteiger partial charge < -0.3 is 20.3 Å². The third-order valence-corrected chi connectivity index (χ3v) is 3.02. The number of carbonyl (C=O) groups is 3. The maximum Gasteiger partial charge on any atom is 0.239 e. The Kier molecular flexibility index (Phi) is 12.1. The number of unbranched alkanes of at least 4 members (excludes halogenated alkanes) is 1. The zero-order valence-electron chi connectivity index (χ0n) is 13.9. The Morgan fingerprint density at radius 1 is 0.955 bits per heavy atom. The molecular formula is C15H29N3O4. The van der Waals surface area contributed by atoms with Crippen molar-refractivity contribution >= 4 is 17.7 Å². The van der Waals surface area contributed by atoms with Crippen LogP contribution in [0.5, 0.6) is 0 Å². The van der Waals surface area contributed by atoms with Crippen LogP contribution in [0.25, 0.3) is 0 Å². The molecule has 0 aliphatic heterocycles. The highest BCUT2D eigenvalue weighted by molar-refractivity contribution is 5.88. The second-order valence-electron chi connectivity index (χ2n) is 5.00. The first-order chi connectivity index (χ1) is 10.5. The molecule has 2 N–H and O–H groups in total. The smallest absolute Gasteiger partial charge is 0.239 e. The standard InChI is InChI=1S/C15H29N3O4/c1-4-6-8-16-13(19)11-18(15(21)5-2)12-14(20)17-9-7-10-22-3/h4-12H2,1-3H3,(H,16,19)(H,17,20). The van der Waals surface area contributed by atoms with E-state index in [1.807, 2.05) is 6.92 Å². The first kappa shape index (κ1) is 20.4. The van der Waals surface area contributed by atoms with E-state index in [1.165, 1.54) is 4.90 Å². The first-order valence-electron chi connectivity index (χ1n) is 7.85. The zero-order valence-corrected chi connectivity index (χ0v) is 13.9. The van der Waals surface area contributed by atoms with Crippen LogP contribution in [-0.4, -0.2) is 62.5 Å². The van der Waals surface area contributed by atoms with Crippen LogP contribution in [-0.2, 0) is 19.1 Å². The predicted molar refractivity (Wildman–Crippen MR) is 84.3 cm³/mol. The number of ether oxygens (including phenoxy) is 1. The summed E-state index contributed by atoms with van der Waals surface area (Å²) in [6.07, 6.45) is 2.86. The number of nitrogens with one attached hydrogen (secondary N) is 2. The second-order valence-corrected chi connectivity index (χ2v) is 5.00. The lowest BCUT2D eigenvalue weighted by molar-refractivity contribution is -0.139. The third kappa shape index (κ3) is 10.1. The van der Waals surface area contributed by atoms with Gasteiger partial charge in [0, 0.05) is 33.2 Å². The van der Waals surface area contributed by atoms with Gasteiger partial charge in [-0.25, -0.2) is 0 Å². The fourth-order valence-corrected chi connectivity index (χ4v) is 1.76. The van der Waals surface area contributed by atoms with Gasteiger partial charge in [0.1, 0.15) is 13.1 Å². The second kappa shape index (κ2) is 13.1. The summed E-state index contributed by atoms with van der Waals surface area (Å²) in [7, 11) is 1.60. The average molecular weight is 315 g/mol. The van der Waals surface area contributed by atoms with Crippen LogP contribution in [0.2, 0.25) is 0 Å². The van der Waals surface area contributed by atoms with Crippen LogP contribution in [0.1, 0.15) is 39.5 Å². The number of hydrogen-bond acceptors (Lipinski definition) is 4. The Bertz CT molecular complexity index is 348. The van der Waals surface area contributed by atoms with Crippen LogP contribution in [0.4, 0.5) is 0 Å². The normalized spacial score (nSPS) is 10.1. The minimum Gasteiger partial charge on any atom is -0.385 e. The lowest BCUT2D eigenvalue weighted by Gasteiger charge is -2.21. The lowest BCUT2D eigenvalue weighted by Crippen LogP contribution is -2.45. The summed E-state index contributed by atoms with van der Waals surface area (Å²) in [6.45, 7) is 5.21. The topological polar surface area (TPSA) is 87.7 Å². The summed E-state index contributed by atoms with van der Waals surface area (Å²) in [6, 6.07) is 0. The monoisotopic (exact) mass is 315 g/mol. The zero-order chi connectivity index (χ0) is 16.8. The van der Waals surface area contributed by atoms with Gasteiger partial charge in [-0.3, -0.25) is 14.4 Å². The van der Waals surface area contributed by atoms with E-state index in [4.69, 9.17) is 4.74 Å². The van der Waals surface area contributed by atoms with E-state index in [9.17, 15) is 14.4 Å². The summed E-state index contributed by atoms with van der Waals surface area (Å²) in [5.41, 5.74) is 0. The van der Waals surface area contributed by atoms with Crippen molar-refractivity contribution in [3.05, 3.63) is 0 Å². The van der Waals surface area contributed by atoms with Gasteiger partial charge in [0.15, 0.2) is 0 Å². The minimum atomic E-state index is -0.265. The summed E-state index contributed by atoms with van der Waals surface area (Å²) >= 11 is 0. The number of carbonyl (C=O) groups excluding carboxylic acids is 3. The molecule has 0 rings (SSSR count). The SMILES string of the molecule is CCCCNC(=O)CN(CC(=O)NCCCOC)C(=O)CC. The van der Waals surface area contributed by atoms with Gasteiger partial charge in [-0.1, -0.05) is 20.3 Å². The fraction of sp³-hybridized carbons (Fsp3) is 0.800. The summed E-state index contributed by atoms with van der Waals surface area (Å²) in [5, 5.41) is 5.45. The van der Waals surface area contributed by atoms with E-state index in [2.05, 4.69) is 10.6 Å². The predicted octanol–water partition coefficient (Wildman–Crippen LogP) is 0.294. The molecule has 0 aliphatic carbocycles. The van der Waals surface area contributed by atoms with Crippen molar-refractivity contribution in [3.8, 4) is 0 Å². The van der Waals surface area contributed by atoms with Gasteiger partial charge in [-0.15, -0.1) is 0 Å². The van der Waals surface area contributed by atoms with E-state index in [1.54, 1.807) is 14.0 Å². The maximum absolute atomic E-state index is 11.8. The molecule has 0 fully saturated rings. The molecule has 0 atom stereocenters. The highest BCUT2D eigenvalue weighted by atomic mass is 16.5. The van der Waals surface area contributed by atoms with Crippen molar-refractivity contribution in [3.63, 3.8) is 0 Å². The summed E-state index contributed by atoms with van der Waals surface area (Å²) in [5.74, 6) is -0.709. The van der Waals surface area contributed by atoms with Gasteiger partial charge in [-0.2, -0.15) is 0 Å². The van der Waals surface area contributed by atoms with Gasteiger partial charge in [0.05, 0.1) is 0 Å². The number of rotatable bonds is 12. The van der Waals surface area contributed by atoms with Crippen molar-refractivity contribution in [2.75, 3.05) is 39.9 Å². The molecule has 7 heteroatoms. The molecule has 0 radical (unpaired) electrons.